The monoisotopic (exact) mass is 242 g/mol. The van der Waals surface area contributed by atoms with Crippen LogP contribution >= 0.6 is 0 Å². The number of rotatable bonds is 9. The molecule has 0 aromatic carbocycles. The first-order valence-electron chi connectivity index (χ1n) is 5.35. The van der Waals surface area contributed by atoms with Gasteiger partial charge in [0.1, 0.15) is 12.1 Å². The van der Waals surface area contributed by atoms with Crippen molar-refractivity contribution in [2.75, 3.05) is 39.0 Å². The lowest BCUT2D eigenvalue weighted by Gasteiger charge is -2.06. The lowest BCUT2D eigenvalue weighted by molar-refractivity contribution is 0.0642. The number of anilines is 1. The molecule has 0 aliphatic heterocycles. The Kier molecular flexibility index (Phi) is 6.96. The van der Waals surface area contributed by atoms with Crippen LogP contribution in [0.4, 0.5) is 5.82 Å². The summed E-state index contributed by atoms with van der Waals surface area (Å²) in [6.07, 6.45) is 2.18. The van der Waals surface area contributed by atoms with E-state index < -0.39 is 0 Å². The van der Waals surface area contributed by atoms with Gasteiger partial charge in [0, 0.05) is 26.2 Å². The molecule has 1 aromatic heterocycles. The predicted octanol–water partition coefficient (Wildman–Crippen LogP) is 0.194. The van der Waals surface area contributed by atoms with Crippen LogP contribution in [0.5, 0.6) is 5.88 Å². The average Bonchev–Trinajstić information content (AvgIpc) is 2.38. The lowest BCUT2D eigenvalue weighted by atomic mass is 10.5. The molecule has 0 unspecified atom stereocenters. The predicted molar refractivity (Wildman–Crippen MR) is 62.6 cm³/mol. The highest BCUT2D eigenvalue weighted by Gasteiger charge is 1.98. The Balaban J connectivity index is 2.09. The summed E-state index contributed by atoms with van der Waals surface area (Å²) in [5, 5.41) is 0. The van der Waals surface area contributed by atoms with Crippen molar-refractivity contribution < 1.29 is 14.2 Å². The SMILES string of the molecule is COCCOCCCOc1cc(NN)ncn1. The molecule has 0 aliphatic rings. The maximum Gasteiger partial charge on any atom is 0.218 e. The van der Waals surface area contributed by atoms with Crippen molar-refractivity contribution in [1.82, 2.24) is 9.97 Å². The summed E-state index contributed by atoms with van der Waals surface area (Å²) >= 11 is 0. The van der Waals surface area contributed by atoms with E-state index in [1.807, 2.05) is 0 Å². The van der Waals surface area contributed by atoms with Crippen LogP contribution in [0.15, 0.2) is 12.4 Å². The van der Waals surface area contributed by atoms with Crippen LogP contribution in [0.3, 0.4) is 0 Å². The molecule has 1 aromatic rings. The first kappa shape index (κ1) is 13.6. The van der Waals surface area contributed by atoms with Crippen LogP contribution in [0.1, 0.15) is 6.42 Å². The third-order valence-electron chi connectivity index (χ3n) is 1.90. The molecule has 0 bridgehead atoms. The normalized spacial score (nSPS) is 10.2. The third-order valence-corrected chi connectivity index (χ3v) is 1.90. The van der Waals surface area contributed by atoms with Crippen LogP contribution in [-0.2, 0) is 9.47 Å². The molecule has 0 atom stereocenters. The molecular formula is C10H18N4O3. The van der Waals surface area contributed by atoms with Crippen molar-refractivity contribution in [1.29, 1.82) is 0 Å². The van der Waals surface area contributed by atoms with Gasteiger partial charge < -0.3 is 19.6 Å². The number of ether oxygens (including phenoxy) is 3. The summed E-state index contributed by atoms with van der Waals surface area (Å²) < 4.78 is 15.5. The van der Waals surface area contributed by atoms with E-state index in [2.05, 4.69) is 15.4 Å². The maximum absolute atomic E-state index is 5.40. The van der Waals surface area contributed by atoms with Crippen molar-refractivity contribution >= 4 is 5.82 Å². The van der Waals surface area contributed by atoms with E-state index in [0.29, 0.717) is 38.1 Å². The smallest absolute Gasteiger partial charge is 0.218 e. The standard InChI is InChI=1S/C10H18N4O3/c1-15-5-6-16-3-2-4-17-10-7-9(14-11)12-8-13-10/h7-8H,2-6,11H2,1H3,(H,12,13,14). The Bertz CT molecular complexity index is 311. The number of hydrazine groups is 1. The summed E-state index contributed by atoms with van der Waals surface area (Å²) in [6.45, 7) is 2.38. The molecular weight excluding hydrogens is 224 g/mol. The summed E-state index contributed by atoms with van der Waals surface area (Å²) in [5.74, 6) is 6.22. The Morgan fingerprint density at radius 2 is 2.12 bits per heavy atom. The minimum Gasteiger partial charge on any atom is -0.477 e. The molecule has 0 saturated heterocycles. The van der Waals surface area contributed by atoms with Gasteiger partial charge in [-0.05, 0) is 0 Å². The van der Waals surface area contributed by atoms with Crippen molar-refractivity contribution in [3.8, 4) is 5.88 Å². The molecule has 0 spiro atoms. The minimum atomic E-state index is 0.491. The Hall–Kier alpha value is -1.44. The van der Waals surface area contributed by atoms with E-state index in [0.717, 1.165) is 6.42 Å². The second-order valence-corrected chi connectivity index (χ2v) is 3.19. The molecule has 7 nitrogen and oxygen atoms in total. The fourth-order valence-electron chi connectivity index (χ4n) is 1.08. The minimum absolute atomic E-state index is 0.491. The number of aromatic nitrogens is 2. The van der Waals surface area contributed by atoms with Crippen LogP contribution < -0.4 is 16.0 Å². The van der Waals surface area contributed by atoms with Gasteiger partial charge in [0.2, 0.25) is 5.88 Å². The second-order valence-electron chi connectivity index (χ2n) is 3.19. The number of nitrogen functional groups attached to an aromatic ring is 1. The number of nitrogens with zero attached hydrogens (tertiary/aromatic N) is 2. The van der Waals surface area contributed by atoms with Crippen LogP contribution in [0, 0.1) is 0 Å². The summed E-state index contributed by atoms with van der Waals surface area (Å²) in [4.78, 5) is 7.82. The molecule has 7 heteroatoms. The topological polar surface area (TPSA) is 91.5 Å². The molecule has 17 heavy (non-hydrogen) atoms. The first-order chi connectivity index (χ1) is 8.36. The molecule has 0 radical (unpaired) electrons. The van der Waals surface area contributed by atoms with Crippen LogP contribution in [0.25, 0.3) is 0 Å². The van der Waals surface area contributed by atoms with Crippen molar-refractivity contribution in [2.24, 2.45) is 5.84 Å². The van der Waals surface area contributed by atoms with E-state index in [1.54, 1.807) is 13.2 Å². The van der Waals surface area contributed by atoms with E-state index in [9.17, 15) is 0 Å². The van der Waals surface area contributed by atoms with Gasteiger partial charge in [-0.1, -0.05) is 0 Å². The number of nitrogens with one attached hydrogen (secondary N) is 1. The summed E-state index contributed by atoms with van der Waals surface area (Å²) in [6, 6.07) is 1.63. The molecule has 0 aliphatic carbocycles. The third kappa shape index (κ3) is 6.00. The van der Waals surface area contributed by atoms with Crippen LogP contribution in [0.2, 0.25) is 0 Å². The van der Waals surface area contributed by atoms with E-state index >= 15 is 0 Å². The fraction of sp³-hybridized carbons (Fsp3) is 0.600. The maximum atomic E-state index is 5.40. The van der Waals surface area contributed by atoms with Gasteiger partial charge in [-0.25, -0.2) is 15.8 Å². The number of hydrogen-bond acceptors (Lipinski definition) is 7. The quantitative estimate of drug-likeness (QED) is 0.363. The number of methoxy groups -OCH3 is 1. The Labute approximate surface area is 100 Å². The highest BCUT2D eigenvalue weighted by molar-refractivity contribution is 5.35. The van der Waals surface area contributed by atoms with Crippen LogP contribution in [-0.4, -0.2) is 43.5 Å². The van der Waals surface area contributed by atoms with Gasteiger partial charge in [-0.3, -0.25) is 0 Å². The molecule has 96 valence electrons. The van der Waals surface area contributed by atoms with Gasteiger partial charge in [0.15, 0.2) is 0 Å². The molecule has 1 heterocycles. The van der Waals surface area contributed by atoms with Crippen molar-refractivity contribution in [3.05, 3.63) is 12.4 Å². The molecule has 3 N–H and O–H groups in total. The van der Waals surface area contributed by atoms with Gasteiger partial charge in [-0.15, -0.1) is 0 Å². The first-order valence-corrected chi connectivity index (χ1v) is 5.35. The lowest BCUT2D eigenvalue weighted by Crippen LogP contribution is -2.10. The molecule has 1 rings (SSSR count). The van der Waals surface area contributed by atoms with E-state index in [1.165, 1.54) is 6.33 Å². The van der Waals surface area contributed by atoms with Gasteiger partial charge >= 0.3 is 0 Å². The Morgan fingerprint density at radius 1 is 1.24 bits per heavy atom. The number of nitrogens with two attached hydrogens (primary N) is 1. The number of hydrogen-bond donors (Lipinski definition) is 2. The van der Waals surface area contributed by atoms with Gasteiger partial charge in [-0.2, -0.15) is 0 Å². The second kappa shape index (κ2) is 8.68. The molecule has 0 amide bonds. The van der Waals surface area contributed by atoms with E-state index in [4.69, 9.17) is 20.1 Å². The fourth-order valence-corrected chi connectivity index (χ4v) is 1.08. The van der Waals surface area contributed by atoms with Crippen molar-refractivity contribution in [2.45, 2.75) is 6.42 Å². The largest absolute Gasteiger partial charge is 0.477 e. The zero-order chi connectivity index (χ0) is 12.3. The van der Waals surface area contributed by atoms with Gasteiger partial charge in [0.25, 0.3) is 0 Å². The zero-order valence-corrected chi connectivity index (χ0v) is 9.89. The van der Waals surface area contributed by atoms with E-state index in [-0.39, 0.29) is 0 Å². The highest BCUT2D eigenvalue weighted by atomic mass is 16.5. The highest BCUT2D eigenvalue weighted by Crippen LogP contribution is 2.09. The Morgan fingerprint density at radius 3 is 2.88 bits per heavy atom. The van der Waals surface area contributed by atoms with Crippen molar-refractivity contribution in [3.63, 3.8) is 0 Å². The molecule has 0 saturated carbocycles. The average molecular weight is 242 g/mol. The van der Waals surface area contributed by atoms with Gasteiger partial charge in [0.05, 0.1) is 19.8 Å². The molecule has 0 fully saturated rings. The zero-order valence-electron chi connectivity index (χ0n) is 9.89. The summed E-state index contributed by atoms with van der Waals surface area (Å²) in [5.41, 5.74) is 2.42. The summed E-state index contributed by atoms with van der Waals surface area (Å²) in [7, 11) is 1.64.